The quantitative estimate of drug-likeness (QED) is 0.111. The van der Waals surface area contributed by atoms with Crippen molar-refractivity contribution in [1.29, 1.82) is 0 Å². The van der Waals surface area contributed by atoms with Gasteiger partial charge in [-0.1, -0.05) is 52.6 Å². The number of hydrogen-bond donors (Lipinski definition) is 8. The third-order valence-corrected chi connectivity index (χ3v) is 1.61. The minimum Gasteiger partial charge on any atom is -0.412 e. The van der Waals surface area contributed by atoms with Gasteiger partial charge in [0.25, 0.3) is 0 Å². The van der Waals surface area contributed by atoms with Crippen molar-refractivity contribution in [3.05, 3.63) is 101 Å². The highest BCUT2D eigenvalue weighted by Gasteiger charge is 1.72. The van der Waals surface area contributed by atoms with Gasteiger partial charge in [0, 0.05) is 0 Å². The van der Waals surface area contributed by atoms with E-state index in [0.29, 0.717) is 0 Å². The lowest BCUT2D eigenvalue weighted by molar-refractivity contribution is -0.114. The first-order valence-electron chi connectivity index (χ1n) is 9.81. The average molecular weight is 707 g/mol. The van der Waals surface area contributed by atoms with Crippen molar-refractivity contribution in [2.24, 2.45) is 45.9 Å². The van der Waals surface area contributed by atoms with Gasteiger partial charge in [0.05, 0.1) is 0 Å². The SMILES string of the molecule is C=CC(N)=O.C=CC(N)=O.C=CC(N)=O.C=CC(N)=O.C=CC(N)=O.C=CC(N)=O.C=CC(N)=O.C=CC(N)=O.C=O.O.O.O.O.O.O. The first-order valence-corrected chi connectivity index (χ1v) is 9.81. The maximum absolute atomic E-state index is 9.47. The van der Waals surface area contributed by atoms with E-state index < -0.39 is 47.3 Å². The van der Waals surface area contributed by atoms with Crippen molar-refractivity contribution in [2.45, 2.75) is 0 Å². The second-order valence-electron chi connectivity index (χ2n) is 4.85. The molecule has 0 saturated carbocycles. The van der Waals surface area contributed by atoms with E-state index in [0.717, 1.165) is 48.6 Å². The van der Waals surface area contributed by atoms with Crippen LogP contribution < -0.4 is 45.9 Å². The van der Waals surface area contributed by atoms with Gasteiger partial charge in [-0.25, -0.2) is 0 Å². The van der Waals surface area contributed by atoms with Crippen LogP contribution in [-0.4, -0.2) is 86.9 Å². The molecule has 0 heterocycles. The molecule has 23 nitrogen and oxygen atoms in total. The van der Waals surface area contributed by atoms with Crippen LogP contribution in [0, 0.1) is 0 Å². The molecule has 0 atom stereocenters. The second-order valence-corrected chi connectivity index (χ2v) is 4.85. The molecule has 28 N–H and O–H groups in total. The Morgan fingerprint density at radius 2 is 0.271 bits per heavy atom. The first-order chi connectivity index (χ1) is 19.2. The van der Waals surface area contributed by atoms with Crippen LogP contribution in [0.5, 0.6) is 0 Å². The molecule has 0 aliphatic carbocycles. The fraction of sp³-hybridized carbons (Fsp3) is 0. The number of hydrogen-bond acceptors (Lipinski definition) is 9. The molecule has 0 spiro atoms. The smallest absolute Gasteiger partial charge is 0.240 e. The van der Waals surface area contributed by atoms with E-state index >= 15 is 0 Å². The second kappa shape index (κ2) is 97.3. The van der Waals surface area contributed by atoms with E-state index in [1.165, 1.54) is 0 Å². The molecule has 0 saturated heterocycles. The van der Waals surface area contributed by atoms with Gasteiger partial charge >= 0.3 is 0 Å². The van der Waals surface area contributed by atoms with Gasteiger partial charge in [-0.2, -0.15) is 0 Å². The van der Waals surface area contributed by atoms with Gasteiger partial charge in [-0.05, 0) is 48.6 Å². The monoisotopic (exact) mass is 706 g/mol. The van der Waals surface area contributed by atoms with E-state index in [1.807, 2.05) is 6.79 Å². The molecular weight excluding hydrogens is 652 g/mol. The Morgan fingerprint density at radius 1 is 0.250 bits per heavy atom. The lowest BCUT2D eigenvalue weighted by atomic mass is 10.6. The number of amides is 8. The van der Waals surface area contributed by atoms with Gasteiger partial charge in [0.2, 0.25) is 47.3 Å². The summed E-state index contributed by atoms with van der Waals surface area (Å²) < 4.78 is 0. The van der Waals surface area contributed by atoms with E-state index in [9.17, 15) is 38.4 Å². The van der Waals surface area contributed by atoms with Gasteiger partial charge in [0.15, 0.2) is 0 Å². The Kier molecular flexibility index (Phi) is 197. The summed E-state index contributed by atoms with van der Waals surface area (Å²) in [5.41, 5.74) is 36.3. The van der Waals surface area contributed by atoms with Crippen LogP contribution in [0.2, 0.25) is 0 Å². The zero-order valence-electron chi connectivity index (χ0n) is 26.3. The highest BCUT2D eigenvalue weighted by atomic mass is 16.2. The van der Waals surface area contributed by atoms with Crippen LogP contribution in [-0.2, 0) is 43.2 Å². The zero-order valence-corrected chi connectivity index (χ0v) is 26.3. The molecule has 0 aromatic carbocycles. The Hall–Kier alpha value is -6.89. The Morgan fingerprint density at radius 3 is 0.271 bits per heavy atom. The number of carbonyl (C=O) groups is 9. The van der Waals surface area contributed by atoms with Crippen LogP contribution >= 0.6 is 0 Å². The lowest BCUT2D eigenvalue weighted by Gasteiger charge is -1.65. The van der Waals surface area contributed by atoms with Gasteiger partial charge in [-0.3, -0.25) is 38.4 Å². The summed E-state index contributed by atoms with van der Waals surface area (Å²) in [6.45, 7) is 26.7. The predicted molar refractivity (Wildman–Crippen MR) is 184 cm³/mol. The summed E-state index contributed by atoms with van der Waals surface area (Å²) in [5.74, 6) is -3.85. The molecule has 0 aromatic rings. The van der Waals surface area contributed by atoms with Crippen LogP contribution in [0.25, 0.3) is 0 Å². The number of nitrogens with two attached hydrogens (primary N) is 8. The van der Waals surface area contributed by atoms with Gasteiger partial charge < -0.3 is 83.5 Å². The van der Waals surface area contributed by atoms with Crippen LogP contribution in [0.15, 0.2) is 101 Å². The number of primary amides is 8. The summed E-state index contributed by atoms with van der Waals surface area (Å²) in [7, 11) is 0. The summed E-state index contributed by atoms with van der Waals surface area (Å²) in [6, 6.07) is 0. The molecule has 0 unspecified atom stereocenters. The van der Waals surface area contributed by atoms with E-state index in [1.54, 1.807) is 0 Å². The molecule has 0 fully saturated rings. The average Bonchev–Trinajstić information content (AvgIpc) is 2.95. The largest absolute Gasteiger partial charge is 0.412 e. The van der Waals surface area contributed by atoms with Crippen molar-refractivity contribution < 1.29 is 76.0 Å². The van der Waals surface area contributed by atoms with E-state index in [-0.39, 0.29) is 32.9 Å². The molecule has 8 amide bonds. The van der Waals surface area contributed by atoms with Crippen molar-refractivity contribution >= 4 is 54.0 Å². The molecule has 0 aromatic heterocycles. The van der Waals surface area contributed by atoms with Crippen LogP contribution in [0.1, 0.15) is 0 Å². The maximum Gasteiger partial charge on any atom is 0.240 e. The Bertz CT molecular complexity index is 709. The standard InChI is InChI=1S/8C3H5NO.CH2O.6H2O/c8*1-2-3(4)5;1-2;;;;;;/h8*2H,1H2,(H2,4,5);1H2;6*1H2. The van der Waals surface area contributed by atoms with Crippen molar-refractivity contribution in [3.63, 3.8) is 0 Å². The molecular formula is C25H54N8O15. The Labute approximate surface area is 277 Å². The molecule has 0 aliphatic rings. The molecule has 0 rings (SSSR count). The van der Waals surface area contributed by atoms with Gasteiger partial charge in [0.1, 0.15) is 6.79 Å². The first kappa shape index (κ1) is 97.0. The molecule has 0 radical (unpaired) electrons. The highest BCUT2D eigenvalue weighted by Crippen LogP contribution is 1.51. The highest BCUT2D eigenvalue weighted by molar-refractivity contribution is 5.87. The fourth-order valence-electron chi connectivity index (χ4n) is 0. The normalized spacial score (nSPS) is 5.42. The third-order valence-electron chi connectivity index (χ3n) is 1.61. The van der Waals surface area contributed by atoms with Crippen LogP contribution in [0.3, 0.4) is 0 Å². The maximum atomic E-state index is 9.47. The summed E-state index contributed by atoms with van der Waals surface area (Å²) in [6.07, 6.45) is 8.44. The summed E-state index contributed by atoms with van der Waals surface area (Å²) >= 11 is 0. The number of carbonyl (C=O) groups excluding carboxylic acids is 9. The molecule has 0 bridgehead atoms. The third kappa shape index (κ3) is 684. The van der Waals surface area contributed by atoms with Gasteiger partial charge in [-0.15, -0.1) is 0 Å². The van der Waals surface area contributed by atoms with E-state index in [4.69, 9.17) is 4.79 Å². The summed E-state index contributed by atoms with van der Waals surface area (Å²) in [5, 5.41) is 0. The minimum atomic E-state index is -0.481. The number of rotatable bonds is 8. The van der Waals surface area contributed by atoms with Crippen molar-refractivity contribution in [1.82, 2.24) is 0 Å². The molecule has 48 heavy (non-hydrogen) atoms. The summed E-state index contributed by atoms with van der Waals surface area (Å²) in [4.78, 5) is 83.8. The lowest BCUT2D eigenvalue weighted by Crippen LogP contribution is -2.04. The van der Waals surface area contributed by atoms with E-state index in [2.05, 4.69) is 98.5 Å². The van der Waals surface area contributed by atoms with Crippen molar-refractivity contribution in [3.8, 4) is 0 Å². The van der Waals surface area contributed by atoms with Crippen LogP contribution in [0.4, 0.5) is 0 Å². The molecule has 0 aliphatic heterocycles. The topological polar surface area (TPSA) is 551 Å². The molecule has 284 valence electrons. The minimum absolute atomic E-state index is 0. The molecule has 23 heteroatoms. The zero-order chi connectivity index (χ0) is 36.3. The predicted octanol–water partition coefficient (Wildman–Crippen LogP) is -7.87. The Balaban J connectivity index is -0.0000000194. The fourth-order valence-corrected chi connectivity index (χ4v) is 0. The van der Waals surface area contributed by atoms with Crippen molar-refractivity contribution in [2.75, 3.05) is 0 Å².